The van der Waals surface area contributed by atoms with Crippen LogP contribution in [0.15, 0.2) is 11.4 Å². The number of aromatic carboxylic acids is 1. The molecule has 1 aromatic rings. The Kier molecular flexibility index (Phi) is 4.93. The normalized spacial score (nSPS) is 16.2. The lowest BCUT2D eigenvalue weighted by Gasteiger charge is -2.21. The smallest absolute Gasteiger partial charge is 0.336 e. The summed E-state index contributed by atoms with van der Waals surface area (Å²) in [5.74, 6) is -1.22. The summed E-state index contributed by atoms with van der Waals surface area (Å²) in [5, 5.41) is 13.5. The van der Waals surface area contributed by atoms with Crippen LogP contribution in [0.4, 0.5) is 5.00 Å². The van der Waals surface area contributed by atoms with Crippen molar-refractivity contribution in [2.24, 2.45) is 0 Å². The molecule has 6 heteroatoms. The average Bonchev–Trinajstić information content (AvgIpc) is 2.86. The number of nitrogens with one attached hydrogen (secondary N) is 1. The maximum Gasteiger partial charge on any atom is 0.336 e. The summed E-state index contributed by atoms with van der Waals surface area (Å²) in [4.78, 5) is 22.4. The Morgan fingerprint density at radius 2 is 2.11 bits per heavy atom. The van der Waals surface area contributed by atoms with E-state index in [0.717, 1.165) is 12.8 Å². The maximum atomic E-state index is 11.7. The Hall–Kier alpha value is -1.40. The van der Waals surface area contributed by atoms with Crippen LogP contribution in [0.5, 0.6) is 0 Å². The van der Waals surface area contributed by atoms with Gasteiger partial charge in [0.2, 0.25) is 0 Å². The van der Waals surface area contributed by atoms with E-state index in [1.165, 1.54) is 42.0 Å². The quantitative estimate of drug-likeness (QED) is 0.871. The van der Waals surface area contributed by atoms with Gasteiger partial charge in [0, 0.05) is 5.38 Å². The molecule has 0 atom stereocenters. The van der Waals surface area contributed by atoms with Gasteiger partial charge < -0.3 is 15.2 Å². The number of anilines is 1. The van der Waals surface area contributed by atoms with Crippen molar-refractivity contribution < 1.29 is 19.4 Å². The van der Waals surface area contributed by atoms with Gasteiger partial charge in [-0.15, -0.1) is 11.3 Å². The molecule has 1 amide bonds. The Morgan fingerprint density at radius 3 is 2.74 bits per heavy atom. The van der Waals surface area contributed by atoms with Crippen molar-refractivity contribution >= 4 is 28.2 Å². The van der Waals surface area contributed by atoms with E-state index >= 15 is 0 Å². The molecule has 0 radical (unpaired) electrons. The Bertz CT molecular complexity index is 451. The predicted octanol–water partition coefficient (Wildman–Crippen LogP) is 2.73. The number of ether oxygens (including phenoxy) is 1. The molecule has 2 rings (SSSR count). The van der Waals surface area contributed by atoms with Crippen molar-refractivity contribution in [1.82, 2.24) is 0 Å². The van der Waals surface area contributed by atoms with E-state index in [1.54, 1.807) is 0 Å². The second-order valence-electron chi connectivity index (χ2n) is 4.62. The standard InChI is InChI=1S/C13H17NO4S/c15-11(7-18-10-4-2-1-3-5-10)14-12-6-9(8-19-12)13(16)17/h6,8,10H,1-5,7H2,(H,14,15)(H,16,17). The number of thiophene rings is 1. The van der Waals surface area contributed by atoms with Gasteiger partial charge in [0.15, 0.2) is 0 Å². The molecular weight excluding hydrogens is 266 g/mol. The number of rotatable bonds is 5. The fourth-order valence-corrected chi connectivity index (χ4v) is 2.90. The van der Waals surface area contributed by atoms with E-state index in [4.69, 9.17) is 9.84 Å². The van der Waals surface area contributed by atoms with Crippen LogP contribution in [0.25, 0.3) is 0 Å². The summed E-state index contributed by atoms with van der Waals surface area (Å²) < 4.78 is 5.55. The average molecular weight is 283 g/mol. The number of carbonyl (C=O) groups excluding carboxylic acids is 1. The van der Waals surface area contributed by atoms with Crippen LogP contribution >= 0.6 is 11.3 Å². The van der Waals surface area contributed by atoms with Crippen LogP contribution in [0, 0.1) is 0 Å². The van der Waals surface area contributed by atoms with Crippen LogP contribution < -0.4 is 5.32 Å². The van der Waals surface area contributed by atoms with Gasteiger partial charge in [0.1, 0.15) is 6.61 Å². The highest BCUT2D eigenvalue weighted by molar-refractivity contribution is 7.14. The highest BCUT2D eigenvalue weighted by Crippen LogP contribution is 2.22. The molecule has 0 aromatic carbocycles. The van der Waals surface area contributed by atoms with Gasteiger partial charge in [0.05, 0.1) is 16.7 Å². The van der Waals surface area contributed by atoms with Crippen LogP contribution in [-0.2, 0) is 9.53 Å². The molecule has 0 spiro atoms. The van der Waals surface area contributed by atoms with E-state index in [0.29, 0.717) is 5.00 Å². The molecule has 0 saturated heterocycles. The predicted molar refractivity (Wildman–Crippen MR) is 72.7 cm³/mol. The van der Waals surface area contributed by atoms with E-state index in [1.807, 2.05) is 0 Å². The molecule has 1 aliphatic rings. The molecule has 19 heavy (non-hydrogen) atoms. The minimum atomic E-state index is -0.991. The fraction of sp³-hybridized carbons (Fsp3) is 0.538. The number of carboxylic acid groups (broad SMARTS) is 1. The van der Waals surface area contributed by atoms with E-state index in [2.05, 4.69) is 5.32 Å². The minimum Gasteiger partial charge on any atom is -0.478 e. The summed E-state index contributed by atoms with van der Waals surface area (Å²) in [5.41, 5.74) is 0.188. The number of amides is 1. The monoisotopic (exact) mass is 283 g/mol. The maximum absolute atomic E-state index is 11.7. The lowest BCUT2D eigenvalue weighted by atomic mass is 9.98. The van der Waals surface area contributed by atoms with Crippen LogP contribution in [0.1, 0.15) is 42.5 Å². The second kappa shape index (κ2) is 6.68. The molecule has 5 nitrogen and oxygen atoms in total. The minimum absolute atomic E-state index is 0.0327. The summed E-state index contributed by atoms with van der Waals surface area (Å²) in [6.45, 7) is 0.0327. The third kappa shape index (κ3) is 4.33. The van der Waals surface area contributed by atoms with Crippen LogP contribution in [0.3, 0.4) is 0 Å². The molecule has 1 aromatic heterocycles. The molecule has 0 unspecified atom stereocenters. The van der Waals surface area contributed by atoms with Gasteiger partial charge in [-0.25, -0.2) is 4.79 Å². The number of hydrogen-bond donors (Lipinski definition) is 2. The third-order valence-electron chi connectivity index (χ3n) is 3.11. The number of carboxylic acids is 1. The summed E-state index contributed by atoms with van der Waals surface area (Å²) >= 11 is 1.20. The van der Waals surface area contributed by atoms with E-state index in [9.17, 15) is 9.59 Å². The highest BCUT2D eigenvalue weighted by Gasteiger charge is 2.15. The SMILES string of the molecule is O=C(COC1CCCCC1)Nc1cc(C(=O)O)cs1. The van der Waals surface area contributed by atoms with Crippen LogP contribution in [0.2, 0.25) is 0 Å². The van der Waals surface area contributed by atoms with Gasteiger partial charge in [-0.3, -0.25) is 4.79 Å². The van der Waals surface area contributed by atoms with Crippen molar-refractivity contribution in [1.29, 1.82) is 0 Å². The molecule has 1 heterocycles. The first-order valence-corrected chi connectivity index (χ1v) is 7.26. The first-order chi connectivity index (χ1) is 9.15. The van der Waals surface area contributed by atoms with Gasteiger partial charge in [-0.1, -0.05) is 19.3 Å². The molecular formula is C13H17NO4S. The molecule has 2 N–H and O–H groups in total. The van der Waals surface area contributed by atoms with Crippen LogP contribution in [-0.4, -0.2) is 29.7 Å². The molecule has 1 aliphatic carbocycles. The zero-order chi connectivity index (χ0) is 13.7. The third-order valence-corrected chi connectivity index (χ3v) is 3.96. The molecule has 0 aliphatic heterocycles. The van der Waals surface area contributed by atoms with Gasteiger partial charge >= 0.3 is 5.97 Å². The van der Waals surface area contributed by atoms with Gasteiger partial charge in [-0.05, 0) is 18.9 Å². The summed E-state index contributed by atoms with van der Waals surface area (Å²) in [6, 6.07) is 1.45. The Morgan fingerprint density at radius 1 is 1.37 bits per heavy atom. The largest absolute Gasteiger partial charge is 0.478 e. The summed E-state index contributed by atoms with van der Waals surface area (Å²) in [7, 11) is 0. The molecule has 104 valence electrons. The number of carbonyl (C=O) groups is 2. The van der Waals surface area contributed by atoms with Crippen molar-refractivity contribution in [3.8, 4) is 0 Å². The lowest BCUT2D eigenvalue weighted by molar-refractivity contribution is -0.123. The van der Waals surface area contributed by atoms with Crippen molar-refractivity contribution in [2.45, 2.75) is 38.2 Å². The van der Waals surface area contributed by atoms with Crippen molar-refractivity contribution in [2.75, 3.05) is 11.9 Å². The van der Waals surface area contributed by atoms with Crippen molar-refractivity contribution in [3.05, 3.63) is 17.0 Å². The summed E-state index contributed by atoms with van der Waals surface area (Å²) in [6.07, 6.45) is 5.82. The Labute approximate surface area is 115 Å². The van der Waals surface area contributed by atoms with E-state index < -0.39 is 5.97 Å². The second-order valence-corrected chi connectivity index (χ2v) is 5.54. The van der Waals surface area contributed by atoms with Gasteiger partial charge in [0.25, 0.3) is 5.91 Å². The molecule has 1 saturated carbocycles. The zero-order valence-corrected chi connectivity index (χ0v) is 11.4. The topological polar surface area (TPSA) is 75.6 Å². The lowest BCUT2D eigenvalue weighted by Crippen LogP contribution is -2.24. The highest BCUT2D eigenvalue weighted by atomic mass is 32.1. The number of hydrogen-bond acceptors (Lipinski definition) is 4. The van der Waals surface area contributed by atoms with E-state index in [-0.39, 0.29) is 24.2 Å². The molecule has 1 fully saturated rings. The van der Waals surface area contributed by atoms with Gasteiger partial charge in [-0.2, -0.15) is 0 Å². The fourth-order valence-electron chi connectivity index (χ4n) is 2.11. The first-order valence-electron chi connectivity index (χ1n) is 6.38. The zero-order valence-electron chi connectivity index (χ0n) is 10.6. The van der Waals surface area contributed by atoms with Crippen molar-refractivity contribution in [3.63, 3.8) is 0 Å². The Balaban J connectivity index is 1.75. The first kappa shape index (κ1) is 14.0. The molecule has 0 bridgehead atoms.